The lowest BCUT2D eigenvalue weighted by Crippen LogP contribution is -2.10. The zero-order valence-corrected chi connectivity index (χ0v) is 9.65. The van der Waals surface area contributed by atoms with E-state index < -0.39 is 35.3 Å². The summed E-state index contributed by atoms with van der Waals surface area (Å²) in [6.07, 6.45) is -3.40. The second kappa shape index (κ2) is 5.48. The van der Waals surface area contributed by atoms with Crippen LogP contribution < -0.4 is 0 Å². The maximum absolute atomic E-state index is 12.7. The summed E-state index contributed by atoms with van der Waals surface area (Å²) in [4.78, 5) is 24.1. The van der Waals surface area contributed by atoms with Crippen LogP contribution in [-0.4, -0.2) is 23.0 Å². The number of aryl methyl sites for hydroxylation is 1. The topological polar surface area (TPSA) is 82.3 Å². The van der Waals surface area contributed by atoms with Crippen LogP contribution >= 0.6 is 0 Å². The third-order valence-electron chi connectivity index (χ3n) is 2.24. The highest BCUT2D eigenvalue weighted by molar-refractivity contribution is 5.73. The van der Waals surface area contributed by atoms with Crippen molar-refractivity contribution >= 4 is 11.8 Å². The Hall–Kier alpha value is -2.12. The van der Waals surface area contributed by atoms with E-state index in [2.05, 4.69) is 9.72 Å². The van der Waals surface area contributed by atoms with Crippen LogP contribution in [0.1, 0.15) is 23.2 Å². The predicted octanol–water partition coefficient (Wildman–Crippen LogP) is 1.95. The van der Waals surface area contributed by atoms with Crippen LogP contribution in [0.4, 0.5) is 14.6 Å². The Kier molecular flexibility index (Phi) is 4.24. The van der Waals surface area contributed by atoms with E-state index in [-0.39, 0.29) is 11.1 Å². The lowest BCUT2D eigenvalue weighted by atomic mass is 10.1. The molecule has 0 N–H and O–H groups in total. The molecule has 0 saturated carbocycles. The van der Waals surface area contributed by atoms with Crippen molar-refractivity contribution in [2.75, 3.05) is 7.11 Å². The minimum Gasteiger partial charge on any atom is -0.469 e. The Morgan fingerprint density at radius 1 is 1.61 bits per heavy atom. The molecule has 1 rings (SSSR count). The molecule has 0 atom stereocenters. The molecule has 0 fully saturated rings. The van der Waals surface area contributed by atoms with Crippen molar-refractivity contribution in [2.24, 2.45) is 0 Å². The van der Waals surface area contributed by atoms with Crippen LogP contribution in [-0.2, 0) is 16.0 Å². The van der Waals surface area contributed by atoms with Gasteiger partial charge in [0.1, 0.15) is 0 Å². The van der Waals surface area contributed by atoms with Gasteiger partial charge in [-0.15, -0.1) is 0 Å². The molecule has 6 nitrogen and oxygen atoms in total. The van der Waals surface area contributed by atoms with Crippen molar-refractivity contribution in [3.05, 3.63) is 33.0 Å². The summed E-state index contributed by atoms with van der Waals surface area (Å²) >= 11 is 0. The van der Waals surface area contributed by atoms with Crippen molar-refractivity contribution in [3.63, 3.8) is 0 Å². The summed E-state index contributed by atoms with van der Waals surface area (Å²) in [5.74, 6) is -1.36. The molecule has 0 aliphatic rings. The first kappa shape index (κ1) is 13.9. The van der Waals surface area contributed by atoms with Gasteiger partial charge < -0.3 is 14.9 Å². The molecular weight excluding hydrogens is 250 g/mol. The second-order valence-corrected chi connectivity index (χ2v) is 3.48. The van der Waals surface area contributed by atoms with Gasteiger partial charge in [-0.3, -0.25) is 4.79 Å². The average molecular weight is 260 g/mol. The highest BCUT2D eigenvalue weighted by atomic mass is 19.3. The highest BCUT2D eigenvalue weighted by Gasteiger charge is 2.26. The van der Waals surface area contributed by atoms with Crippen molar-refractivity contribution in [2.45, 2.75) is 19.8 Å². The number of esters is 1. The van der Waals surface area contributed by atoms with Crippen LogP contribution in [0.15, 0.2) is 6.07 Å². The molecule has 1 aromatic heterocycles. The molecule has 98 valence electrons. The van der Waals surface area contributed by atoms with E-state index >= 15 is 0 Å². The van der Waals surface area contributed by atoms with Crippen LogP contribution in [0.25, 0.3) is 0 Å². The molecule has 18 heavy (non-hydrogen) atoms. The molecule has 1 heterocycles. The number of hydrogen-bond donors (Lipinski definition) is 0. The first-order chi connectivity index (χ1) is 8.36. The van der Waals surface area contributed by atoms with E-state index in [1.54, 1.807) is 0 Å². The number of carbonyl (C=O) groups excluding carboxylic acids is 1. The summed E-state index contributed by atoms with van der Waals surface area (Å²) in [5.41, 5.74) is -0.721. The van der Waals surface area contributed by atoms with Crippen molar-refractivity contribution in [1.82, 2.24) is 4.98 Å². The van der Waals surface area contributed by atoms with Crippen molar-refractivity contribution in [1.29, 1.82) is 0 Å². The molecule has 8 heteroatoms. The summed E-state index contributed by atoms with van der Waals surface area (Å²) in [5, 5.41) is 10.6. The number of methoxy groups -OCH3 is 1. The lowest BCUT2D eigenvalue weighted by Gasteiger charge is -2.06. The van der Waals surface area contributed by atoms with Gasteiger partial charge in [0.2, 0.25) is 5.69 Å². The molecule has 0 radical (unpaired) electrons. The van der Waals surface area contributed by atoms with E-state index in [9.17, 15) is 23.7 Å². The molecular formula is C10H10F2N2O4. The molecule has 1 aromatic rings. The summed E-state index contributed by atoms with van der Waals surface area (Å²) in [7, 11) is 1.12. The number of hydrogen-bond acceptors (Lipinski definition) is 5. The predicted molar refractivity (Wildman–Crippen MR) is 56.3 cm³/mol. The van der Waals surface area contributed by atoms with Gasteiger partial charge in [0.15, 0.2) is 0 Å². The van der Waals surface area contributed by atoms with Crippen LogP contribution in [0.2, 0.25) is 0 Å². The lowest BCUT2D eigenvalue weighted by molar-refractivity contribution is -0.390. The molecule has 0 unspecified atom stereocenters. The van der Waals surface area contributed by atoms with Gasteiger partial charge in [0, 0.05) is 11.1 Å². The molecule has 0 saturated heterocycles. The summed E-state index contributed by atoms with van der Waals surface area (Å²) in [6, 6.07) is 1.16. The van der Waals surface area contributed by atoms with E-state index in [1.807, 2.05) is 0 Å². The average Bonchev–Trinajstić information content (AvgIpc) is 2.27. The Morgan fingerprint density at radius 2 is 2.22 bits per heavy atom. The van der Waals surface area contributed by atoms with E-state index in [1.165, 1.54) is 6.92 Å². The number of nitro groups is 1. The fourth-order valence-corrected chi connectivity index (χ4v) is 1.42. The smallest absolute Gasteiger partial charge is 0.366 e. The van der Waals surface area contributed by atoms with Gasteiger partial charge in [-0.1, -0.05) is 0 Å². The Bertz CT molecular complexity index is 491. The zero-order valence-electron chi connectivity index (χ0n) is 9.65. The minimum absolute atomic E-state index is 0.0695. The van der Waals surface area contributed by atoms with Gasteiger partial charge in [-0.25, -0.2) is 8.78 Å². The molecule has 0 spiro atoms. The van der Waals surface area contributed by atoms with E-state index in [4.69, 9.17) is 0 Å². The van der Waals surface area contributed by atoms with Crippen LogP contribution in [0.5, 0.6) is 0 Å². The second-order valence-electron chi connectivity index (χ2n) is 3.48. The normalized spacial score (nSPS) is 10.5. The molecule has 0 bridgehead atoms. The number of aromatic nitrogens is 1. The maximum atomic E-state index is 12.7. The Morgan fingerprint density at radius 3 is 2.67 bits per heavy atom. The fourth-order valence-electron chi connectivity index (χ4n) is 1.42. The Balaban J connectivity index is 3.29. The molecule has 0 amide bonds. The number of carbonyl (C=O) groups is 1. The summed E-state index contributed by atoms with van der Waals surface area (Å²) in [6.45, 7) is 1.36. The largest absolute Gasteiger partial charge is 0.469 e. The zero-order chi connectivity index (χ0) is 13.9. The number of ether oxygens (including phenoxy) is 1. The molecule has 0 aromatic carbocycles. The first-order valence-corrected chi connectivity index (χ1v) is 4.86. The standard InChI is InChI=1S/C10H10F2N2O4/c1-5-3-6(4-7(15)18-2)8(9(11)12)13-10(5)14(16)17/h3,9H,4H2,1-2H3. The third-order valence-corrected chi connectivity index (χ3v) is 2.24. The van der Waals surface area contributed by atoms with Gasteiger partial charge in [-0.05, 0) is 22.9 Å². The van der Waals surface area contributed by atoms with E-state index in [0.29, 0.717) is 0 Å². The molecule has 0 aliphatic carbocycles. The maximum Gasteiger partial charge on any atom is 0.366 e. The van der Waals surface area contributed by atoms with Gasteiger partial charge in [0.25, 0.3) is 0 Å². The minimum atomic E-state index is -3.00. The highest BCUT2D eigenvalue weighted by Crippen LogP contribution is 2.26. The van der Waals surface area contributed by atoms with Crippen LogP contribution in [0, 0.1) is 17.0 Å². The monoisotopic (exact) mass is 260 g/mol. The number of nitrogens with zero attached hydrogens (tertiary/aromatic N) is 2. The number of halogens is 2. The van der Waals surface area contributed by atoms with Crippen LogP contribution in [0.3, 0.4) is 0 Å². The van der Waals surface area contributed by atoms with Gasteiger partial charge in [0.05, 0.1) is 13.5 Å². The number of pyridine rings is 1. The third kappa shape index (κ3) is 2.96. The molecule has 0 aliphatic heterocycles. The quantitative estimate of drug-likeness (QED) is 0.469. The van der Waals surface area contributed by atoms with E-state index in [0.717, 1.165) is 13.2 Å². The number of alkyl halides is 2. The first-order valence-electron chi connectivity index (χ1n) is 4.86. The SMILES string of the molecule is COC(=O)Cc1cc(C)c([N+](=O)[O-])nc1C(F)F. The fraction of sp³-hybridized carbons (Fsp3) is 0.400. The van der Waals surface area contributed by atoms with Gasteiger partial charge in [-0.2, -0.15) is 0 Å². The Labute approximate surface area is 101 Å². The van der Waals surface area contributed by atoms with Crippen molar-refractivity contribution in [3.8, 4) is 0 Å². The number of rotatable bonds is 4. The summed E-state index contributed by atoms with van der Waals surface area (Å²) < 4.78 is 29.8. The van der Waals surface area contributed by atoms with Gasteiger partial charge >= 0.3 is 18.2 Å². The van der Waals surface area contributed by atoms with Crippen molar-refractivity contribution < 1.29 is 23.2 Å².